The summed E-state index contributed by atoms with van der Waals surface area (Å²) in [6, 6.07) is 15.5. The minimum Gasteiger partial charge on any atom is -0.490 e. The molecule has 0 unspecified atom stereocenters. The molecule has 134 valence electrons. The van der Waals surface area contributed by atoms with Crippen molar-refractivity contribution in [3.05, 3.63) is 54.1 Å². The maximum atomic E-state index is 12.3. The third-order valence-electron chi connectivity index (χ3n) is 3.37. The summed E-state index contributed by atoms with van der Waals surface area (Å²) in [5.74, 6) is 2.02. The molecule has 0 saturated carbocycles. The summed E-state index contributed by atoms with van der Waals surface area (Å²) in [4.78, 5) is 13.5. The van der Waals surface area contributed by atoms with Crippen molar-refractivity contribution in [3.8, 4) is 11.5 Å². The lowest BCUT2D eigenvalue weighted by Gasteiger charge is -2.13. The van der Waals surface area contributed by atoms with Crippen LogP contribution in [0.3, 0.4) is 0 Å². The smallest absolute Gasteiger partial charge is 0.251 e. The number of benzene rings is 2. The van der Waals surface area contributed by atoms with Crippen molar-refractivity contribution in [2.24, 2.45) is 0 Å². The zero-order valence-corrected chi connectivity index (χ0v) is 15.6. The van der Waals surface area contributed by atoms with Crippen molar-refractivity contribution < 1.29 is 14.3 Å². The Morgan fingerprint density at radius 2 is 1.84 bits per heavy atom. The molecule has 1 amide bonds. The lowest BCUT2D eigenvalue weighted by Crippen LogP contribution is -2.25. The van der Waals surface area contributed by atoms with E-state index >= 15 is 0 Å². The molecule has 2 aromatic rings. The third kappa shape index (κ3) is 6.35. The molecule has 0 saturated heterocycles. The summed E-state index contributed by atoms with van der Waals surface area (Å²) >= 11 is 1.72. The topological polar surface area (TPSA) is 47.6 Å². The number of carbonyl (C=O) groups excluding carboxylic acids is 1. The number of nitrogens with one attached hydrogen (secondary N) is 1. The van der Waals surface area contributed by atoms with Gasteiger partial charge in [-0.3, -0.25) is 4.79 Å². The molecule has 5 heteroatoms. The van der Waals surface area contributed by atoms with E-state index in [0.29, 0.717) is 36.8 Å². The van der Waals surface area contributed by atoms with Gasteiger partial charge in [0.2, 0.25) is 0 Å². The van der Waals surface area contributed by atoms with E-state index in [9.17, 15) is 4.79 Å². The molecule has 2 rings (SSSR count). The summed E-state index contributed by atoms with van der Waals surface area (Å²) in [6.07, 6.45) is 0.923. The molecule has 0 radical (unpaired) electrons. The van der Waals surface area contributed by atoms with Crippen molar-refractivity contribution >= 4 is 17.7 Å². The number of hydrogen-bond acceptors (Lipinski definition) is 4. The summed E-state index contributed by atoms with van der Waals surface area (Å²) in [7, 11) is 0. The fraction of sp³-hybridized carbons (Fsp3) is 0.350. The second kappa shape index (κ2) is 10.7. The van der Waals surface area contributed by atoms with E-state index < -0.39 is 0 Å². The van der Waals surface area contributed by atoms with Gasteiger partial charge in [0.05, 0.1) is 13.2 Å². The van der Waals surface area contributed by atoms with Gasteiger partial charge in [-0.15, -0.1) is 11.8 Å². The van der Waals surface area contributed by atoms with Gasteiger partial charge in [-0.2, -0.15) is 0 Å². The highest BCUT2D eigenvalue weighted by Gasteiger charge is 2.11. The average molecular weight is 359 g/mol. The molecular weight excluding hydrogens is 334 g/mol. The van der Waals surface area contributed by atoms with Crippen molar-refractivity contribution in [3.63, 3.8) is 0 Å². The van der Waals surface area contributed by atoms with Gasteiger partial charge >= 0.3 is 0 Å². The highest BCUT2D eigenvalue weighted by Crippen LogP contribution is 2.28. The van der Waals surface area contributed by atoms with Crippen LogP contribution in [0.4, 0.5) is 0 Å². The molecule has 0 aliphatic heterocycles. The van der Waals surface area contributed by atoms with Gasteiger partial charge in [0.15, 0.2) is 11.5 Å². The number of amides is 1. The summed E-state index contributed by atoms with van der Waals surface area (Å²) in [5.41, 5.74) is 0.581. The Morgan fingerprint density at radius 1 is 1.04 bits per heavy atom. The molecule has 0 aliphatic carbocycles. The van der Waals surface area contributed by atoms with Gasteiger partial charge in [0, 0.05) is 22.8 Å². The summed E-state index contributed by atoms with van der Waals surface area (Å²) in [6.45, 7) is 5.73. The van der Waals surface area contributed by atoms with E-state index in [1.807, 2.05) is 25.1 Å². The highest BCUT2D eigenvalue weighted by molar-refractivity contribution is 7.99. The van der Waals surface area contributed by atoms with Crippen LogP contribution >= 0.6 is 11.8 Å². The molecule has 2 aromatic carbocycles. The summed E-state index contributed by atoms with van der Waals surface area (Å²) < 4.78 is 11.3. The Hall–Kier alpha value is -2.14. The van der Waals surface area contributed by atoms with Crippen LogP contribution in [0.5, 0.6) is 11.5 Å². The maximum Gasteiger partial charge on any atom is 0.251 e. The van der Waals surface area contributed by atoms with E-state index in [0.717, 1.165) is 12.2 Å². The number of ether oxygens (including phenoxy) is 2. The quantitative estimate of drug-likeness (QED) is 0.505. The van der Waals surface area contributed by atoms with Crippen LogP contribution in [0.1, 0.15) is 30.6 Å². The Kier molecular flexibility index (Phi) is 8.19. The minimum atomic E-state index is -0.100. The van der Waals surface area contributed by atoms with Crippen molar-refractivity contribution in [1.29, 1.82) is 0 Å². The standard InChI is InChI=1S/C20H25NO3S/c1-3-13-24-18-11-10-16(15-19(18)23-4-2)20(22)21-12-14-25-17-8-6-5-7-9-17/h5-11,15H,3-4,12-14H2,1-2H3,(H,21,22). The van der Waals surface area contributed by atoms with Crippen LogP contribution in [0, 0.1) is 0 Å². The van der Waals surface area contributed by atoms with Crippen molar-refractivity contribution in [2.45, 2.75) is 25.2 Å². The van der Waals surface area contributed by atoms with Gasteiger partial charge in [0.1, 0.15) is 0 Å². The first-order chi connectivity index (χ1) is 12.2. The Labute approximate surface area is 153 Å². The van der Waals surface area contributed by atoms with Crippen LogP contribution < -0.4 is 14.8 Å². The Bertz CT molecular complexity index is 661. The van der Waals surface area contributed by atoms with Crippen molar-refractivity contribution in [1.82, 2.24) is 5.32 Å². The van der Waals surface area contributed by atoms with E-state index in [-0.39, 0.29) is 5.91 Å². The van der Waals surface area contributed by atoms with Gasteiger partial charge < -0.3 is 14.8 Å². The average Bonchev–Trinajstić information content (AvgIpc) is 2.65. The molecule has 0 atom stereocenters. The van der Waals surface area contributed by atoms with Crippen LogP contribution in [-0.4, -0.2) is 31.4 Å². The zero-order chi connectivity index (χ0) is 17.9. The van der Waals surface area contributed by atoms with Crippen LogP contribution in [-0.2, 0) is 0 Å². The molecule has 0 heterocycles. The molecule has 4 nitrogen and oxygen atoms in total. The highest BCUT2D eigenvalue weighted by atomic mass is 32.2. The second-order valence-electron chi connectivity index (χ2n) is 5.36. The van der Waals surface area contributed by atoms with Crippen LogP contribution in [0.15, 0.2) is 53.4 Å². The normalized spacial score (nSPS) is 10.3. The number of hydrogen-bond donors (Lipinski definition) is 1. The first-order valence-corrected chi connectivity index (χ1v) is 9.58. The minimum absolute atomic E-state index is 0.100. The molecule has 0 aliphatic rings. The second-order valence-corrected chi connectivity index (χ2v) is 6.53. The molecule has 1 N–H and O–H groups in total. The first kappa shape index (κ1) is 19.2. The van der Waals surface area contributed by atoms with Gasteiger partial charge in [-0.1, -0.05) is 25.1 Å². The third-order valence-corrected chi connectivity index (χ3v) is 4.38. The van der Waals surface area contributed by atoms with Crippen LogP contribution in [0.2, 0.25) is 0 Å². The molecule has 0 bridgehead atoms. The predicted octanol–water partition coefficient (Wildman–Crippen LogP) is 4.40. The number of thioether (sulfide) groups is 1. The largest absolute Gasteiger partial charge is 0.490 e. The zero-order valence-electron chi connectivity index (χ0n) is 14.8. The van der Waals surface area contributed by atoms with Crippen LogP contribution in [0.25, 0.3) is 0 Å². The fourth-order valence-electron chi connectivity index (χ4n) is 2.20. The Balaban J connectivity index is 1.88. The molecular formula is C20H25NO3S. The van der Waals surface area contributed by atoms with Gasteiger partial charge in [-0.25, -0.2) is 0 Å². The SMILES string of the molecule is CCCOc1ccc(C(=O)NCCSc2ccccc2)cc1OCC. The van der Waals surface area contributed by atoms with Gasteiger partial charge in [0.25, 0.3) is 5.91 Å². The van der Waals surface area contributed by atoms with Gasteiger partial charge in [-0.05, 0) is 43.7 Å². The monoisotopic (exact) mass is 359 g/mol. The molecule has 0 aromatic heterocycles. The molecule has 0 spiro atoms. The van der Waals surface area contributed by atoms with E-state index in [1.54, 1.807) is 30.0 Å². The number of rotatable bonds is 10. The summed E-state index contributed by atoms with van der Waals surface area (Å²) in [5, 5.41) is 2.95. The predicted molar refractivity (Wildman–Crippen MR) is 103 cm³/mol. The van der Waals surface area contributed by atoms with E-state index in [1.165, 1.54) is 4.90 Å². The Morgan fingerprint density at radius 3 is 2.56 bits per heavy atom. The lowest BCUT2D eigenvalue weighted by molar-refractivity contribution is 0.0955. The number of carbonyl (C=O) groups is 1. The van der Waals surface area contributed by atoms with E-state index in [2.05, 4.69) is 24.4 Å². The maximum absolute atomic E-state index is 12.3. The molecule has 0 fully saturated rings. The first-order valence-electron chi connectivity index (χ1n) is 8.60. The fourth-order valence-corrected chi connectivity index (χ4v) is 2.99. The molecule has 25 heavy (non-hydrogen) atoms. The van der Waals surface area contributed by atoms with Crippen molar-refractivity contribution in [2.75, 3.05) is 25.5 Å². The van der Waals surface area contributed by atoms with E-state index in [4.69, 9.17) is 9.47 Å². The lowest BCUT2D eigenvalue weighted by atomic mass is 10.2.